The van der Waals surface area contributed by atoms with Gasteiger partial charge in [-0.2, -0.15) is 5.06 Å². The Hall–Kier alpha value is -1.07. The number of hydrogen-bond donors (Lipinski definition) is 1. The first-order chi connectivity index (χ1) is 7.33. The topological polar surface area (TPSA) is 59.0 Å². The molecule has 5 heteroatoms. The van der Waals surface area contributed by atoms with Gasteiger partial charge < -0.3 is 9.47 Å². The highest BCUT2D eigenvalue weighted by atomic mass is 16.6. The van der Waals surface area contributed by atoms with Crippen LogP contribution in [0.1, 0.15) is 27.2 Å². The minimum Gasteiger partial charge on any atom is -0.442 e. The molecule has 0 aromatic heterocycles. The van der Waals surface area contributed by atoms with Crippen LogP contribution in [0.25, 0.3) is 0 Å². The summed E-state index contributed by atoms with van der Waals surface area (Å²) in [6.07, 6.45) is 3.31. The Bertz CT molecular complexity index is 282. The zero-order valence-corrected chi connectivity index (χ0v) is 10.1. The molecule has 0 fully saturated rings. The van der Waals surface area contributed by atoms with Crippen LogP contribution < -0.4 is 0 Å². The standard InChI is InChI=1S/C11H19NO4/c1-11(2,3)16-10(13)12(14)8-5-6-9(7-8)15-4/h5-6,8-9,14H,7H2,1-4H3/t8-,9-/m0/s1. The van der Waals surface area contributed by atoms with E-state index < -0.39 is 11.7 Å². The molecule has 0 aromatic carbocycles. The molecule has 0 saturated heterocycles. The van der Waals surface area contributed by atoms with E-state index in [1.165, 1.54) is 0 Å². The molecule has 0 aliphatic heterocycles. The fourth-order valence-electron chi connectivity index (χ4n) is 1.45. The van der Waals surface area contributed by atoms with Crippen molar-refractivity contribution in [2.45, 2.75) is 44.9 Å². The number of hydroxylamine groups is 2. The second kappa shape index (κ2) is 4.84. The van der Waals surface area contributed by atoms with E-state index in [0.717, 1.165) is 0 Å². The lowest BCUT2D eigenvalue weighted by Gasteiger charge is -2.26. The number of carbonyl (C=O) groups excluding carboxylic acids is 1. The van der Waals surface area contributed by atoms with E-state index in [-0.39, 0.29) is 12.1 Å². The molecule has 0 radical (unpaired) electrons. The lowest BCUT2D eigenvalue weighted by Crippen LogP contribution is -2.40. The van der Waals surface area contributed by atoms with Gasteiger partial charge in [-0.3, -0.25) is 5.21 Å². The maximum Gasteiger partial charge on any atom is 0.434 e. The number of nitrogens with zero attached hydrogens (tertiary/aromatic N) is 1. The van der Waals surface area contributed by atoms with E-state index >= 15 is 0 Å². The summed E-state index contributed by atoms with van der Waals surface area (Å²) in [5, 5.41) is 10.3. The molecule has 1 N–H and O–H groups in total. The van der Waals surface area contributed by atoms with Crippen LogP contribution in [0.4, 0.5) is 4.79 Å². The third-order valence-corrected chi connectivity index (χ3v) is 2.22. The highest BCUT2D eigenvalue weighted by Crippen LogP contribution is 2.19. The normalized spacial score (nSPS) is 24.6. The van der Waals surface area contributed by atoms with Crippen LogP contribution in [0.15, 0.2) is 12.2 Å². The molecule has 0 saturated carbocycles. The van der Waals surface area contributed by atoms with Gasteiger partial charge in [0.05, 0.1) is 12.1 Å². The lowest BCUT2D eigenvalue weighted by atomic mass is 10.2. The fraction of sp³-hybridized carbons (Fsp3) is 0.727. The number of ether oxygens (including phenoxy) is 2. The zero-order valence-electron chi connectivity index (χ0n) is 10.1. The summed E-state index contributed by atoms with van der Waals surface area (Å²) in [4.78, 5) is 11.5. The molecule has 16 heavy (non-hydrogen) atoms. The van der Waals surface area contributed by atoms with Crippen LogP contribution in [0.5, 0.6) is 0 Å². The molecular formula is C11H19NO4. The van der Waals surface area contributed by atoms with E-state index in [1.807, 2.05) is 6.08 Å². The zero-order chi connectivity index (χ0) is 12.3. The van der Waals surface area contributed by atoms with Crippen molar-refractivity contribution in [1.82, 2.24) is 5.06 Å². The van der Waals surface area contributed by atoms with Crippen molar-refractivity contribution in [2.75, 3.05) is 7.11 Å². The largest absolute Gasteiger partial charge is 0.442 e. The Kier molecular flexibility index (Phi) is 3.93. The number of hydrogen-bond acceptors (Lipinski definition) is 4. The summed E-state index contributed by atoms with van der Waals surface area (Å²) >= 11 is 0. The first-order valence-corrected chi connectivity index (χ1v) is 5.25. The SMILES string of the molecule is CO[C@H]1C=C[C@H](N(O)C(=O)OC(C)(C)C)C1. The molecule has 1 rings (SSSR count). The second-order valence-electron chi connectivity index (χ2n) is 4.79. The highest BCUT2D eigenvalue weighted by Gasteiger charge is 2.30. The van der Waals surface area contributed by atoms with Crippen LogP contribution in [0, 0.1) is 0 Å². The summed E-state index contributed by atoms with van der Waals surface area (Å²) < 4.78 is 10.1. The summed E-state index contributed by atoms with van der Waals surface area (Å²) in [6, 6.07) is -0.375. The Morgan fingerprint density at radius 3 is 2.50 bits per heavy atom. The maximum atomic E-state index is 11.5. The highest BCUT2D eigenvalue weighted by molar-refractivity contribution is 5.67. The third-order valence-electron chi connectivity index (χ3n) is 2.22. The van der Waals surface area contributed by atoms with Crippen LogP contribution in [-0.4, -0.2) is 41.2 Å². The van der Waals surface area contributed by atoms with E-state index in [0.29, 0.717) is 11.5 Å². The van der Waals surface area contributed by atoms with Crippen LogP contribution in [0.2, 0.25) is 0 Å². The van der Waals surface area contributed by atoms with E-state index in [2.05, 4.69) is 0 Å². The van der Waals surface area contributed by atoms with Crippen molar-refractivity contribution >= 4 is 6.09 Å². The molecule has 0 heterocycles. The van der Waals surface area contributed by atoms with Crippen molar-refractivity contribution in [1.29, 1.82) is 0 Å². The number of carbonyl (C=O) groups is 1. The average Bonchev–Trinajstić information content (AvgIpc) is 2.61. The number of methoxy groups -OCH3 is 1. The van der Waals surface area contributed by atoms with Crippen molar-refractivity contribution in [3.05, 3.63) is 12.2 Å². The van der Waals surface area contributed by atoms with E-state index in [9.17, 15) is 10.0 Å². The first kappa shape index (κ1) is 13.0. The number of rotatable bonds is 2. The molecule has 92 valence electrons. The Morgan fingerprint density at radius 2 is 2.06 bits per heavy atom. The molecule has 2 atom stereocenters. The van der Waals surface area contributed by atoms with Gasteiger partial charge in [-0.25, -0.2) is 4.79 Å². The van der Waals surface area contributed by atoms with E-state index in [1.54, 1.807) is 34.0 Å². The predicted molar refractivity (Wildman–Crippen MR) is 58.2 cm³/mol. The van der Waals surface area contributed by atoms with Gasteiger partial charge in [0.25, 0.3) is 0 Å². The summed E-state index contributed by atoms with van der Waals surface area (Å²) in [5.74, 6) is 0. The lowest BCUT2D eigenvalue weighted by molar-refractivity contribution is -0.113. The Labute approximate surface area is 95.6 Å². The molecule has 1 aliphatic carbocycles. The quantitative estimate of drug-likeness (QED) is 0.446. The average molecular weight is 229 g/mol. The molecule has 1 amide bonds. The molecule has 5 nitrogen and oxygen atoms in total. The van der Waals surface area contributed by atoms with Crippen molar-refractivity contribution in [3.8, 4) is 0 Å². The molecular weight excluding hydrogens is 210 g/mol. The van der Waals surface area contributed by atoms with Gasteiger partial charge in [0, 0.05) is 13.5 Å². The van der Waals surface area contributed by atoms with Gasteiger partial charge in [0.2, 0.25) is 0 Å². The molecule has 0 bridgehead atoms. The Morgan fingerprint density at radius 1 is 1.44 bits per heavy atom. The van der Waals surface area contributed by atoms with Crippen LogP contribution in [-0.2, 0) is 9.47 Å². The Balaban J connectivity index is 2.50. The predicted octanol–water partition coefficient (Wildman–Crippen LogP) is 1.96. The molecule has 1 aliphatic rings. The smallest absolute Gasteiger partial charge is 0.434 e. The first-order valence-electron chi connectivity index (χ1n) is 5.25. The van der Waals surface area contributed by atoms with Gasteiger partial charge in [-0.15, -0.1) is 0 Å². The number of amides is 1. The minimum absolute atomic E-state index is 0.0536. The van der Waals surface area contributed by atoms with Gasteiger partial charge in [-0.05, 0) is 20.8 Å². The molecule has 0 unspecified atom stereocenters. The van der Waals surface area contributed by atoms with Crippen molar-refractivity contribution in [3.63, 3.8) is 0 Å². The van der Waals surface area contributed by atoms with E-state index in [4.69, 9.17) is 9.47 Å². The molecule has 0 aromatic rings. The summed E-state index contributed by atoms with van der Waals surface area (Å²) in [6.45, 7) is 5.25. The van der Waals surface area contributed by atoms with Crippen molar-refractivity contribution < 1.29 is 19.5 Å². The minimum atomic E-state index is -0.737. The maximum absolute atomic E-state index is 11.5. The third kappa shape index (κ3) is 3.50. The summed E-state index contributed by atoms with van der Waals surface area (Å²) in [7, 11) is 1.59. The van der Waals surface area contributed by atoms with Crippen LogP contribution in [0.3, 0.4) is 0 Å². The van der Waals surface area contributed by atoms with Crippen LogP contribution >= 0.6 is 0 Å². The second-order valence-corrected chi connectivity index (χ2v) is 4.79. The fourth-order valence-corrected chi connectivity index (χ4v) is 1.45. The molecule has 0 spiro atoms. The van der Waals surface area contributed by atoms with Gasteiger partial charge in [0.15, 0.2) is 0 Å². The van der Waals surface area contributed by atoms with Gasteiger partial charge in [0.1, 0.15) is 5.60 Å². The van der Waals surface area contributed by atoms with Crippen molar-refractivity contribution in [2.24, 2.45) is 0 Å². The van der Waals surface area contributed by atoms with Gasteiger partial charge >= 0.3 is 6.09 Å². The van der Waals surface area contributed by atoms with Gasteiger partial charge in [-0.1, -0.05) is 12.2 Å². The summed E-state index contributed by atoms with van der Waals surface area (Å²) in [5.41, 5.74) is -0.610. The monoisotopic (exact) mass is 229 g/mol.